The number of halogens is 5. The van der Waals surface area contributed by atoms with Crippen LogP contribution >= 0.6 is 11.8 Å². The summed E-state index contributed by atoms with van der Waals surface area (Å²) < 4.78 is 73.8. The van der Waals surface area contributed by atoms with E-state index in [0.717, 1.165) is 29.0 Å². The lowest BCUT2D eigenvalue weighted by Crippen LogP contribution is -2.27. The summed E-state index contributed by atoms with van der Waals surface area (Å²) in [6, 6.07) is 6.96. The van der Waals surface area contributed by atoms with Gasteiger partial charge in [-0.25, -0.2) is 0 Å². The number of carbonyl (C=O) groups excluding carboxylic acids is 2. The van der Waals surface area contributed by atoms with Crippen molar-refractivity contribution >= 4 is 22.9 Å². The third kappa shape index (κ3) is 4.46. The Hall–Kier alpha value is -2.82. The summed E-state index contributed by atoms with van der Waals surface area (Å²) in [6.07, 6.45) is -3.49. The number of hydrogen-bond acceptors (Lipinski definition) is 5. The van der Waals surface area contributed by atoms with Crippen molar-refractivity contribution in [2.75, 3.05) is 0 Å². The van der Waals surface area contributed by atoms with E-state index in [0.29, 0.717) is 25.0 Å². The van der Waals surface area contributed by atoms with Crippen LogP contribution in [0, 0.1) is 0 Å². The first-order valence-corrected chi connectivity index (χ1v) is 9.98. The molecule has 0 aromatic heterocycles. The summed E-state index contributed by atoms with van der Waals surface area (Å²) in [7, 11) is 0. The molecule has 2 atom stereocenters. The zero-order valence-electron chi connectivity index (χ0n) is 15.5. The highest BCUT2D eigenvalue weighted by molar-refractivity contribution is 8.15. The quantitative estimate of drug-likeness (QED) is 0.600. The lowest BCUT2D eigenvalue weighted by Gasteiger charge is -2.17. The fourth-order valence-electron chi connectivity index (χ4n) is 3.72. The highest BCUT2D eigenvalue weighted by atomic mass is 32.2. The maximum absolute atomic E-state index is 12.9. The number of amides is 2. The molecule has 2 aromatic carbocycles. The predicted octanol–water partition coefficient (Wildman–Crippen LogP) is 5.48. The van der Waals surface area contributed by atoms with E-state index in [1.54, 1.807) is 12.1 Å². The Morgan fingerprint density at radius 3 is 2.48 bits per heavy atom. The van der Waals surface area contributed by atoms with Gasteiger partial charge in [0.2, 0.25) is 5.91 Å². The monoisotopic (exact) mass is 459 g/mol. The second-order valence-corrected chi connectivity index (χ2v) is 8.08. The number of rotatable bonds is 5. The summed E-state index contributed by atoms with van der Waals surface area (Å²) in [5.74, 6) is -1.31. The number of thioether (sulfide) groups is 1. The Labute approximate surface area is 176 Å². The summed E-state index contributed by atoms with van der Waals surface area (Å²) >= 11 is 0.942. The van der Waals surface area contributed by atoms with Crippen LogP contribution in [0.5, 0.6) is 17.2 Å². The zero-order valence-corrected chi connectivity index (χ0v) is 16.4. The van der Waals surface area contributed by atoms with Gasteiger partial charge < -0.3 is 9.47 Å². The molecule has 1 heterocycles. The second kappa shape index (κ2) is 8.03. The van der Waals surface area contributed by atoms with E-state index in [2.05, 4.69) is 10.1 Å². The summed E-state index contributed by atoms with van der Waals surface area (Å²) in [4.78, 5) is 23.4. The molecule has 1 aliphatic carbocycles. The van der Waals surface area contributed by atoms with Crippen molar-refractivity contribution < 1.29 is 41.0 Å². The fraction of sp³-hybridized carbons (Fsp3) is 0.300. The number of ether oxygens (including phenoxy) is 2. The minimum atomic E-state index is -4.73. The number of nitrogens with one attached hydrogen (secondary N) is 1. The number of benzene rings is 2. The van der Waals surface area contributed by atoms with Gasteiger partial charge in [-0.15, -0.1) is 0 Å². The largest absolute Gasteiger partial charge is 0.453 e. The average Bonchev–Trinajstić information content (AvgIpc) is 3.23. The molecule has 1 unspecified atom stereocenters. The lowest BCUT2D eigenvalue weighted by atomic mass is 9.97. The Balaban J connectivity index is 1.58. The van der Waals surface area contributed by atoms with Crippen molar-refractivity contribution in [1.29, 1.82) is 0 Å². The highest BCUT2D eigenvalue weighted by Gasteiger charge is 2.41. The maximum Gasteiger partial charge on any atom is 0.416 e. The van der Waals surface area contributed by atoms with Gasteiger partial charge in [0.05, 0.1) is 5.56 Å². The van der Waals surface area contributed by atoms with Crippen LogP contribution in [0.1, 0.15) is 29.0 Å². The van der Waals surface area contributed by atoms with Crippen LogP contribution < -0.4 is 14.8 Å². The van der Waals surface area contributed by atoms with Gasteiger partial charge in [0.15, 0.2) is 11.5 Å². The summed E-state index contributed by atoms with van der Waals surface area (Å²) in [5, 5.41) is 1.34. The van der Waals surface area contributed by atoms with Crippen LogP contribution in [0.4, 0.5) is 26.7 Å². The Kier molecular flexibility index (Phi) is 5.54. The number of aryl methyl sites for hydroxylation is 1. The second-order valence-electron chi connectivity index (χ2n) is 6.96. The first kappa shape index (κ1) is 21.4. The smallest absolute Gasteiger partial charge is 0.416 e. The van der Waals surface area contributed by atoms with Crippen LogP contribution in [0.15, 0.2) is 36.4 Å². The number of fused-ring (bicyclic) bond motifs is 1. The number of imide groups is 1. The summed E-state index contributed by atoms with van der Waals surface area (Å²) in [5.41, 5.74) is 0.568. The van der Waals surface area contributed by atoms with E-state index >= 15 is 0 Å². The Morgan fingerprint density at radius 2 is 1.84 bits per heavy atom. The first-order valence-electron chi connectivity index (χ1n) is 9.10. The maximum atomic E-state index is 12.9. The van der Waals surface area contributed by atoms with Gasteiger partial charge in [0.1, 0.15) is 11.0 Å². The molecule has 1 aliphatic heterocycles. The zero-order chi connectivity index (χ0) is 22.3. The van der Waals surface area contributed by atoms with Gasteiger partial charge in [0, 0.05) is 5.92 Å². The first-order chi connectivity index (χ1) is 14.6. The molecule has 5 nitrogen and oxygen atoms in total. The molecule has 1 saturated heterocycles. The molecular weight excluding hydrogens is 445 g/mol. The third-order valence-electron chi connectivity index (χ3n) is 5.04. The van der Waals surface area contributed by atoms with Crippen molar-refractivity contribution in [3.63, 3.8) is 0 Å². The van der Waals surface area contributed by atoms with E-state index in [1.165, 1.54) is 6.07 Å². The topological polar surface area (TPSA) is 64.6 Å². The Morgan fingerprint density at radius 1 is 1.06 bits per heavy atom. The lowest BCUT2D eigenvalue weighted by molar-refractivity contribution is -0.138. The molecule has 0 bridgehead atoms. The van der Waals surface area contributed by atoms with Gasteiger partial charge in [-0.2, -0.15) is 22.0 Å². The number of carbonyl (C=O) groups is 2. The molecule has 2 aromatic rings. The molecule has 0 saturated carbocycles. The van der Waals surface area contributed by atoms with Gasteiger partial charge in [0.25, 0.3) is 5.24 Å². The van der Waals surface area contributed by atoms with Crippen LogP contribution in [0.3, 0.4) is 0 Å². The van der Waals surface area contributed by atoms with Gasteiger partial charge in [-0.1, -0.05) is 17.8 Å². The molecule has 2 aliphatic rings. The molecule has 0 spiro atoms. The van der Waals surface area contributed by atoms with Crippen LogP contribution in [0.2, 0.25) is 0 Å². The predicted molar refractivity (Wildman–Crippen MR) is 101 cm³/mol. The van der Waals surface area contributed by atoms with E-state index in [4.69, 9.17) is 4.74 Å². The summed E-state index contributed by atoms with van der Waals surface area (Å²) in [6.45, 7) is -3.33. The Bertz CT molecular complexity index is 1040. The van der Waals surface area contributed by atoms with Crippen molar-refractivity contribution in [3.8, 4) is 17.2 Å². The minimum Gasteiger partial charge on any atom is -0.453 e. The van der Waals surface area contributed by atoms with Crippen LogP contribution in [-0.2, 0) is 17.4 Å². The SMILES string of the molecule is O=C1NC(=O)C([C@@H]2CCc3cc(Oc4ccc(C(F)(F)F)cc4OC(F)F)ccc32)S1. The van der Waals surface area contributed by atoms with Gasteiger partial charge in [-0.3, -0.25) is 14.9 Å². The van der Waals surface area contributed by atoms with Gasteiger partial charge >= 0.3 is 12.8 Å². The fourth-order valence-corrected chi connectivity index (χ4v) is 4.73. The van der Waals surface area contributed by atoms with Gasteiger partial charge in [-0.05, 0) is 54.3 Å². The van der Waals surface area contributed by atoms with Crippen molar-refractivity contribution in [2.24, 2.45) is 0 Å². The highest BCUT2D eigenvalue weighted by Crippen LogP contribution is 2.44. The standard InChI is InChI=1S/C20H14F5NO4S/c21-18(22)30-15-8-10(20(23,24)25)2-6-14(15)29-11-3-5-12-9(7-11)1-4-13(12)16-17(27)26-19(28)31-16/h2-3,5-8,13,16,18H,1,4H2,(H,26,27,28)/t13-,16?/m1/s1. The molecule has 2 amide bonds. The molecule has 1 fully saturated rings. The van der Waals surface area contributed by atoms with Crippen LogP contribution in [-0.4, -0.2) is 23.0 Å². The van der Waals surface area contributed by atoms with Crippen molar-refractivity contribution in [1.82, 2.24) is 5.32 Å². The van der Waals surface area contributed by atoms with E-state index < -0.39 is 34.6 Å². The van der Waals surface area contributed by atoms with Crippen molar-refractivity contribution in [2.45, 2.75) is 36.8 Å². The molecule has 31 heavy (non-hydrogen) atoms. The van der Waals surface area contributed by atoms with E-state index in [-0.39, 0.29) is 23.3 Å². The third-order valence-corrected chi connectivity index (χ3v) is 6.15. The van der Waals surface area contributed by atoms with E-state index in [9.17, 15) is 31.5 Å². The normalized spacial score (nSPS) is 20.7. The average molecular weight is 459 g/mol. The number of alkyl halides is 5. The van der Waals surface area contributed by atoms with E-state index in [1.807, 2.05) is 0 Å². The van der Waals surface area contributed by atoms with Crippen molar-refractivity contribution in [3.05, 3.63) is 53.1 Å². The molecule has 11 heteroatoms. The molecule has 0 radical (unpaired) electrons. The number of hydrogen-bond donors (Lipinski definition) is 1. The van der Waals surface area contributed by atoms with Crippen LogP contribution in [0.25, 0.3) is 0 Å². The molecule has 1 N–H and O–H groups in total. The minimum absolute atomic E-state index is 0.163. The molecule has 4 rings (SSSR count). The molecular formula is C20H14F5NO4S. The molecule has 164 valence electrons.